The molecule has 0 radical (unpaired) electrons. The highest BCUT2D eigenvalue weighted by molar-refractivity contribution is 6.22. The standard InChI is InChI=1S/C58H37NO/c1-3-17-39(18-4-1)57-50-25-10-9-23-46(50)47-33-31-41(36-52(47)58(57)40-19-5-2-6-20-40)44-22-11-13-27-53(44)59(42-32-35-56-51(37-42)49-24-12-14-29-55(49)60-56)54-28-15-26-45-43-21-8-7-16-38(43)30-34-48(45)54/h1-37H. The molecule has 0 N–H and O–H groups in total. The fourth-order valence-corrected chi connectivity index (χ4v) is 9.56. The first-order valence-corrected chi connectivity index (χ1v) is 20.6. The van der Waals surface area contributed by atoms with Gasteiger partial charge in [-0.3, -0.25) is 0 Å². The average Bonchev–Trinajstić information content (AvgIpc) is 3.70. The van der Waals surface area contributed by atoms with Gasteiger partial charge in [-0.1, -0.05) is 182 Å². The Kier molecular flexibility index (Phi) is 7.89. The third-order valence-electron chi connectivity index (χ3n) is 12.2. The van der Waals surface area contributed by atoms with Crippen molar-refractivity contribution in [2.75, 3.05) is 4.90 Å². The van der Waals surface area contributed by atoms with E-state index < -0.39 is 0 Å². The second kappa shape index (κ2) is 13.9. The number of benzene rings is 11. The van der Waals surface area contributed by atoms with Gasteiger partial charge in [0.05, 0.1) is 11.4 Å². The van der Waals surface area contributed by atoms with E-state index in [9.17, 15) is 0 Å². The molecule has 12 rings (SSSR count). The minimum atomic E-state index is 0.876. The Morgan fingerprint density at radius 3 is 1.67 bits per heavy atom. The van der Waals surface area contributed by atoms with Gasteiger partial charge in [-0.25, -0.2) is 0 Å². The lowest BCUT2D eigenvalue weighted by molar-refractivity contribution is 0.669. The normalized spacial score (nSPS) is 11.7. The maximum Gasteiger partial charge on any atom is 0.135 e. The maximum atomic E-state index is 6.35. The van der Waals surface area contributed by atoms with Gasteiger partial charge in [-0.15, -0.1) is 0 Å². The Hall–Kier alpha value is -7.94. The Balaban J connectivity index is 1.15. The van der Waals surface area contributed by atoms with Crippen molar-refractivity contribution >= 4 is 82.1 Å². The summed E-state index contributed by atoms with van der Waals surface area (Å²) < 4.78 is 6.35. The first-order valence-electron chi connectivity index (χ1n) is 20.6. The van der Waals surface area contributed by atoms with Crippen molar-refractivity contribution in [3.05, 3.63) is 224 Å². The monoisotopic (exact) mass is 763 g/mol. The van der Waals surface area contributed by atoms with Crippen LogP contribution in [0, 0.1) is 0 Å². The van der Waals surface area contributed by atoms with Gasteiger partial charge in [0.2, 0.25) is 0 Å². The number of fused-ring (bicyclic) bond motifs is 9. The van der Waals surface area contributed by atoms with E-state index in [0.717, 1.165) is 50.1 Å². The lowest BCUT2D eigenvalue weighted by atomic mass is 9.84. The molecule has 280 valence electrons. The van der Waals surface area contributed by atoms with Crippen molar-refractivity contribution in [3.8, 4) is 33.4 Å². The third kappa shape index (κ3) is 5.42. The summed E-state index contributed by atoms with van der Waals surface area (Å²) >= 11 is 0. The minimum Gasteiger partial charge on any atom is -0.456 e. The number of anilines is 3. The Morgan fingerprint density at radius 2 is 0.850 bits per heavy atom. The SMILES string of the molecule is c1ccc(-c2c(-c3ccccc3)c3cc(-c4ccccc4N(c4ccc5oc6ccccc6c5c4)c4cccc5c4ccc4ccccc45)ccc3c3ccccc23)cc1. The van der Waals surface area contributed by atoms with E-state index in [1.165, 1.54) is 65.3 Å². The van der Waals surface area contributed by atoms with Crippen molar-refractivity contribution in [1.29, 1.82) is 0 Å². The Morgan fingerprint density at radius 1 is 0.283 bits per heavy atom. The lowest BCUT2D eigenvalue weighted by Gasteiger charge is -2.29. The predicted molar refractivity (Wildman–Crippen MR) is 255 cm³/mol. The van der Waals surface area contributed by atoms with Gasteiger partial charge in [0.15, 0.2) is 0 Å². The van der Waals surface area contributed by atoms with E-state index in [0.29, 0.717) is 0 Å². The molecule has 0 saturated heterocycles. The average molecular weight is 764 g/mol. The zero-order valence-corrected chi connectivity index (χ0v) is 32.7. The van der Waals surface area contributed by atoms with Crippen LogP contribution in [0.25, 0.3) is 98.4 Å². The van der Waals surface area contributed by atoms with Crippen LogP contribution in [0.5, 0.6) is 0 Å². The van der Waals surface area contributed by atoms with E-state index in [1.54, 1.807) is 0 Å². The summed E-state index contributed by atoms with van der Waals surface area (Å²) in [5, 5.41) is 12.0. The summed E-state index contributed by atoms with van der Waals surface area (Å²) in [6, 6.07) is 81.4. The number of nitrogens with zero attached hydrogens (tertiary/aromatic N) is 1. The fourth-order valence-electron chi connectivity index (χ4n) is 9.56. The first-order chi connectivity index (χ1) is 29.8. The van der Waals surface area contributed by atoms with Gasteiger partial charge in [0.1, 0.15) is 11.2 Å². The molecule has 0 unspecified atom stereocenters. The Labute approximate surface area is 347 Å². The molecular weight excluding hydrogens is 727 g/mol. The maximum absolute atomic E-state index is 6.35. The van der Waals surface area contributed by atoms with Crippen molar-refractivity contribution in [1.82, 2.24) is 0 Å². The molecule has 1 heterocycles. The molecule has 0 aliphatic heterocycles. The molecule has 0 atom stereocenters. The summed E-state index contributed by atoms with van der Waals surface area (Å²) in [6.07, 6.45) is 0. The summed E-state index contributed by atoms with van der Waals surface area (Å²) in [4.78, 5) is 2.45. The second-order valence-electron chi connectivity index (χ2n) is 15.6. The highest BCUT2D eigenvalue weighted by atomic mass is 16.3. The van der Waals surface area contributed by atoms with E-state index in [4.69, 9.17) is 4.42 Å². The first kappa shape index (κ1) is 34.1. The van der Waals surface area contributed by atoms with Crippen molar-refractivity contribution in [3.63, 3.8) is 0 Å². The van der Waals surface area contributed by atoms with Crippen LogP contribution in [-0.4, -0.2) is 0 Å². The lowest BCUT2D eigenvalue weighted by Crippen LogP contribution is -2.11. The second-order valence-corrected chi connectivity index (χ2v) is 15.6. The highest BCUT2D eigenvalue weighted by Crippen LogP contribution is 2.49. The number of furan rings is 1. The van der Waals surface area contributed by atoms with Crippen LogP contribution in [0.2, 0.25) is 0 Å². The van der Waals surface area contributed by atoms with E-state index in [2.05, 4.69) is 217 Å². The molecule has 1 aromatic heterocycles. The molecule has 2 heteroatoms. The smallest absolute Gasteiger partial charge is 0.135 e. The molecule has 0 fully saturated rings. The fraction of sp³-hybridized carbons (Fsp3) is 0. The number of hydrogen-bond acceptors (Lipinski definition) is 2. The summed E-state index contributed by atoms with van der Waals surface area (Å²) in [5.41, 5.74) is 12.2. The molecule has 0 bridgehead atoms. The molecule has 0 spiro atoms. The van der Waals surface area contributed by atoms with Crippen LogP contribution in [0.15, 0.2) is 229 Å². The molecule has 2 nitrogen and oxygen atoms in total. The number of hydrogen-bond donors (Lipinski definition) is 0. The number of para-hydroxylation sites is 2. The van der Waals surface area contributed by atoms with E-state index >= 15 is 0 Å². The molecular formula is C58H37NO. The molecule has 60 heavy (non-hydrogen) atoms. The van der Waals surface area contributed by atoms with Gasteiger partial charge in [-0.05, 0) is 108 Å². The van der Waals surface area contributed by atoms with Crippen molar-refractivity contribution in [2.24, 2.45) is 0 Å². The van der Waals surface area contributed by atoms with Crippen LogP contribution in [0.4, 0.5) is 17.1 Å². The predicted octanol–water partition coefficient (Wildman–Crippen LogP) is 16.7. The molecule has 11 aromatic carbocycles. The van der Waals surface area contributed by atoms with Crippen molar-refractivity contribution < 1.29 is 4.42 Å². The summed E-state index contributed by atoms with van der Waals surface area (Å²) in [7, 11) is 0. The van der Waals surface area contributed by atoms with Gasteiger partial charge >= 0.3 is 0 Å². The van der Waals surface area contributed by atoms with E-state index in [-0.39, 0.29) is 0 Å². The summed E-state index contributed by atoms with van der Waals surface area (Å²) in [5.74, 6) is 0. The molecule has 12 aromatic rings. The van der Waals surface area contributed by atoms with Crippen LogP contribution in [0.3, 0.4) is 0 Å². The van der Waals surface area contributed by atoms with E-state index in [1.807, 2.05) is 12.1 Å². The summed E-state index contributed by atoms with van der Waals surface area (Å²) in [6.45, 7) is 0. The Bertz CT molecular complexity index is 3600. The molecule has 0 saturated carbocycles. The largest absolute Gasteiger partial charge is 0.456 e. The molecule has 0 aliphatic rings. The van der Waals surface area contributed by atoms with Crippen LogP contribution < -0.4 is 4.90 Å². The minimum absolute atomic E-state index is 0.876. The van der Waals surface area contributed by atoms with Crippen LogP contribution in [-0.2, 0) is 0 Å². The topological polar surface area (TPSA) is 16.4 Å². The zero-order valence-electron chi connectivity index (χ0n) is 32.7. The van der Waals surface area contributed by atoms with Gasteiger partial charge in [0.25, 0.3) is 0 Å². The van der Waals surface area contributed by atoms with Crippen molar-refractivity contribution in [2.45, 2.75) is 0 Å². The van der Waals surface area contributed by atoms with Gasteiger partial charge in [0, 0.05) is 27.4 Å². The highest BCUT2D eigenvalue weighted by Gasteiger charge is 2.23. The van der Waals surface area contributed by atoms with Gasteiger partial charge < -0.3 is 9.32 Å². The molecule has 0 amide bonds. The third-order valence-corrected chi connectivity index (χ3v) is 12.2. The van der Waals surface area contributed by atoms with Crippen LogP contribution >= 0.6 is 0 Å². The molecule has 0 aliphatic carbocycles. The zero-order chi connectivity index (χ0) is 39.6. The van der Waals surface area contributed by atoms with Gasteiger partial charge in [-0.2, -0.15) is 0 Å². The quantitative estimate of drug-likeness (QED) is 0.157. The van der Waals surface area contributed by atoms with Crippen LogP contribution in [0.1, 0.15) is 0 Å². The number of rotatable bonds is 6.